The summed E-state index contributed by atoms with van der Waals surface area (Å²) >= 11 is 0. The Morgan fingerprint density at radius 1 is 1.04 bits per heavy atom. The summed E-state index contributed by atoms with van der Waals surface area (Å²) in [6, 6.07) is 14.1. The Kier molecular flexibility index (Phi) is 5.60. The Labute approximate surface area is 167 Å². The molecule has 0 aromatic heterocycles. The van der Waals surface area contributed by atoms with Crippen LogP contribution in [0.5, 0.6) is 0 Å². The van der Waals surface area contributed by atoms with Crippen molar-refractivity contribution in [3.8, 4) is 0 Å². The Bertz CT molecular complexity index is 1000. The smallest absolute Gasteiger partial charge is 0.234 e. The van der Waals surface area contributed by atoms with Crippen LogP contribution >= 0.6 is 0 Å². The number of rotatable bonds is 4. The quantitative estimate of drug-likeness (QED) is 0.480. The molecule has 1 unspecified atom stereocenters. The number of ketones is 2. The van der Waals surface area contributed by atoms with Gasteiger partial charge >= 0.3 is 0 Å². The van der Waals surface area contributed by atoms with Crippen molar-refractivity contribution in [2.24, 2.45) is 0 Å². The van der Waals surface area contributed by atoms with Crippen LogP contribution in [0.3, 0.4) is 0 Å². The number of allylic oxidation sites excluding steroid dienone is 4. The molecule has 0 saturated heterocycles. The first kappa shape index (κ1) is 19.8. The largest absolute Gasteiger partial charge is 0.285 e. The van der Waals surface area contributed by atoms with E-state index >= 15 is 0 Å². The van der Waals surface area contributed by atoms with Crippen molar-refractivity contribution in [1.82, 2.24) is 0 Å². The molecule has 2 nitrogen and oxygen atoms in total. The van der Waals surface area contributed by atoms with Crippen molar-refractivity contribution in [2.45, 2.75) is 33.1 Å². The lowest BCUT2D eigenvalue weighted by Crippen LogP contribution is -2.04. The maximum atomic E-state index is 11.7. The first-order valence-corrected chi connectivity index (χ1v) is 9.57. The SMILES string of the molecule is C=C(C1=C[CH]1)c1cccc2c1C(=C)C(=O)C2=O.CCC(C)c1ccc(C)cc1. The van der Waals surface area contributed by atoms with Crippen LogP contribution in [-0.4, -0.2) is 11.6 Å². The van der Waals surface area contributed by atoms with Gasteiger partial charge in [0.25, 0.3) is 0 Å². The molecule has 0 amide bonds. The number of aryl methyl sites for hydroxylation is 1. The van der Waals surface area contributed by atoms with Crippen molar-refractivity contribution in [3.05, 3.63) is 102 Å². The number of carbonyl (C=O) groups excluding carboxylic acids is 2. The van der Waals surface area contributed by atoms with Gasteiger partial charge in [0.15, 0.2) is 0 Å². The predicted octanol–water partition coefficient (Wildman–Crippen LogP) is 6.13. The number of benzene rings is 2. The zero-order chi connectivity index (χ0) is 20.4. The lowest BCUT2D eigenvalue weighted by atomic mass is 9.94. The maximum Gasteiger partial charge on any atom is 0.234 e. The minimum Gasteiger partial charge on any atom is -0.285 e. The molecule has 2 aromatic rings. The van der Waals surface area contributed by atoms with E-state index in [-0.39, 0.29) is 5.57 Å². The average Bonchev–Trinajstić information content (AvgIpc) is 3.54. The summed E-state index contributed by atoms with van der Waals surface area (Å²) in [4.78, 5) is 23.3. The molecule has 1 atom stereocenters. The van der Waals surface area contributed by atoms with Gasteiger partial charge in [0, 0.05) is 23.1 Å². The molecule has 0 aliphatic heterocycles. The predicted molar refractivity (Wildman–Crippen MR) is 116 cm³/mol. The van der Waals surface area contributed by atoms with Gasteiger partial charge in [-0.3, -0.25) is 9.59 Å². The Hall–Kier alpha value is -3.00. The van der Waals surface area contributed by atoms with E-state index in [1.165, 1.54) is 17.5 Å². The summed E-state index contributed by atoms with van der Waals surface area (Å²) in [7, 11) is 0. The molecule has 1 radical (unpaired) electrons. The summed E-state index contributed by atoms with van der Waals surface area (Å²) in [5.74, 6) is -0.266. The highest BCUT2D eigenvalue weighted by molar-refractivity contribution is 6.63. The molecule has 141 valence electrons. The molecular weight excluding hydrogens is 344 g/mol. The van der Waals surface area contributed by atoms with E-state index in [1.54, 1.807) is 12.1 Å². The summed E-state index contributed by atoms with van der Waals surface area (Å²) < 4.78 is 0. The fraction of sp³-hybridized carbons (Fsp3) is 0.192. The third-order valence-electron chi connectivity index (χ3n) is 5.36. The van der Waals surface area contributed by atoms with Crippen molar-refractivity contribution in [2.75, 3.05) is 0 Å². The molecule has 0 spiro atoms. The first-order chi connectivity index (χ1) is 13.3. The van der Waals surface area contributed by atoms with Gasteiger partial charge in [-0.05, 0) is 41.5 Å². The highest BCUT2D eigenvalue weighted by Gasteiger charge is 2.34. The second kappa shape index (κ2) is 7.93. The van der Waals surface area contributed by atoms with Gasteiger partial charge in [0.2, 0.25) is 11.6 Å². The van der Waals surface area contributed by atoms with E-state index in [9.17, 15) is 9.59 Å². The number of hydrogen-bond donors (Lipinski definition) is 0. The van der Waals surface area contributed by atoms with Crippen molar-refractivity contribution in [1.29, 1.82) is 0 Å². The molecule has 2 aromatic carbocycles. The van der Waals surface area contributed by atoms with Crippen molar-refractivity contribution >= 4 is 22.7 Å². The molecule has 2 aliphatic carbocycles. The summed E-state index contributed by atoms with van der Waals surface area (Å²) in [5.41, 5.74) is 6.89. The molecular formula is C26H25O2. The van der Waals surface area contributed by atoms with Crippen LogP contribution in [0, 0.1) is 13.3 Å². The topological polar surface area (TPSA) is 34.1 Å². The van der Waals surface area contributed by atoms with E-state index in [4.69, 9.17) is 0 Å². The number of hydrogen-bond acceptors (Lipinski definition) is 2. The van der Waals surface area contributed by atoms with Gasteiger partial charge in [-0.25, -0.2) is 0 Å². The molecule has 0 fully saturated rings. The highest BCUT2D eigenvalue weighted by atomic mass is 16.2. The van der Waals surface area contributed by atoms with Crippen LogP contribution in [0.2, 0.25) is 0 Å². The lowest BCUT2D eigenvalue weighted by molar-refractivity contribution is -0.109. The minimum absolute atomic E-state index is 0.281. The Morgan fingerprint density at radius 3 is 2.25 bits per heavy atom. The zero-order valence-corrected chi connectivity index (χ0v) is 16.7. The molecule has 28 heavy (non-hydrogen) atoms. The van der Waals surface area contributed by atoms with Gasteiger partial charge in [-0.1, -0.05) is 81.1 Å². The van der Waals surface area contributed by atoms with Crippen LogP contribution in [0.1, 0.15) is 58.8 Å². The normalized spacial score (nSPS) is 15.4. The molecule has 0 bridgehead atoms. The Morgan fingerprint density at radius 2 is 1.68 bits per heavy atom. The first-order valence-electron chi connectivity index (χ1n) is 9.57. The molecule has 2 aliphatic rings. The molecule has 0 saturated carbocycles. The maximum absolute atomic E-state index is 11.7. The van der Waals surface area contributed by atoms with Crippen LogP contribution in [0.15, 0.2) is 67.3 Å². The third kappa shape index (κ3) is 3.82. The van der Waals surface area contributed by atoms with Crippen LogP contribution in [0.25, 0.3) is 11.1 Å². The number of Topliss-reactive ketones (excluding diaryl/α,β-unsaturated/α-hetero) is 2. The molecule has 2 heteroatoms. The third-order valence-corrected chi connectivity index (χ3v) is 5.36. The second-order valence-corrected chi connectivity index (χ2v) is 7.35. The van der Waals surface area contributed by atoms with Gasteiger partial charge < -0.3 is 0 Å². The second-order valence-electron chi connectivity index (χ2n) is 7.35. The van der Waals surface area contributed by atoms with E-state index in [2.05, 4.69) is 58.2 Å². The molecule has 0 N–H and O–H groups in total. The molecule has 0 heterocycles. The van der Waals surface area contributed by atoms with Crippen molar-refractivity contribution < 1.29 is 9.59 Å². The highest BCUT2D eigenvalue weighted by Crippen LogP contribution is 2.39. The van der Waals surface area contributed by atoms with E-state index in [1.807, 2.05) is 18.6 Å². The van der Waals surface area contributed by atoms with Crippen LogP contribution in [-0.2, 0) is 4.79 Å². The lowest BCUT2D eigenvalue weighted by Gasteiger charge is -2.08. The molecule has 4 rings (SSSR count). The van der Waals surface area contributed by atoms with Gasteiger partial charge in [-0.2, -0.15) is 0 Å². The van der Waals surface area contributed by atoms with Gasteiger partial charge in [0.05, 0.1) is 0 Å². The average molecular weight is 369 g/mol. The van der Waals surface area contributed by atoms with E-state index < -0.39 is 11.6 Å². The number of fused-ring (bicyclic) bond motifs is 1. The zero-order valence-electron chi connectivity index (χ0n) is 16.7. The van der Waals surface area contributed by atoms with Crippen LogP contribution in [0.4, 0.5) is 0 Å². The number of carbonyl (C=O) groups is 2. The summed E-state index contributed by atoms with van der Waals surface area (Å²) in [6.07, 6.45) is 5.12. The van der Waals surface area contributed by atoms with Crippen LogP contribution < -0.4 is 0 Å². The van der Waals surface area contributed by atoms with E-state index in [0.29, 0.717) is 17.0 Å². The summed E-state index contributed by atoms with van der Waals surface area (Å²) in [6.45, 7) is 14.3. The summed E-state index contributed by atoms with van der Waals surface area (Å²) in [5, 5.41) is 0. The van der Waals surface area contributed by atoms with Gasteiger partial charge in [-0.15, -0.1) is 0 Å². The van der Waals surface area contributed by atoms with Gasteiger partial charge in [0.1, 0.15) is 0 Å². The van der Waals surface area contributed by atoms with Crippen molar-refractivity contribution in [3.63, 3.8) is 0 Å². The fourth-order valence-electron chi connectivity index (χ4n) is 3.22. The fourth-order valence-corrected chi connectivity index (χ4v) is 3.22. The monoisotopic (exact) mass is 369 g/mol. The minimum atomic E-state index is -0.506. The van der Waals surface area contributed by atoms with E-state index in [0.717, 1.165) is 16.7 Å². The standard InChI is InChI=1S/C15H9O2.C11H16/c1-8(10-6-7-10)11-4-3-5-12-13(11)9(2)14(16)15(12)17;1-4-10(3)11-7-5-9(2)6-8-11/h3-7H,1-2H2;5-8,10H,4H2,1-3H3. The Balaban J connectivity index is 0.000000178.